The van der Waals surface area contributed by atoms with Crippen molar-refractivity contribution in [1.29, 1.82) is 0 Å². The molecule has 1 aromatic heterocycles. The van der Waals surface area contributed by atoms with Crippen LogP contribution in [0, 0.1) is 17.0 Å². The van der Waals surface area contributed by atoms with Gasteiger partial charge >= 0.3 is 0 Å². The second-order valence-corrected chi connectivity index (χ2v) is 6.88. The van der Waals surface area contributed by atoms with Gasteiger partial charge in [-0.1, -0.05) is 36.4 Å². The summed E-state index contributed by atoms with van der Waals surface area (Å²) in [6, 6.07) is 24.6. The number of hydrogen-bond acceptors (Lipinski definition) is 5. The maximum atomic E-state index is 11.1. The summed E-state index contributed by atoms with van der Waals surface area (Å²) in [6.07, 6.45) is 0. The maximum absolute atomic E-state index is 11.1. The van der Waals surface area contributed by atoms with E-state index in [4.69, 9.17) is 4.98 Å². The Morgan fingerprint density at radius 3 is 2.34 bits per heavy atom. The quantitative estimate of drug-likeness (QED) is 0.327. The zero-order valence-electron chi connectivity index (χ0n) is 15.6. The van der Waals surface area contributed by atoms with Gasteiger partial charge in [0, 0.05) is 23.4 Å². The van der Waals surface area contributed by atoms with Gasteiger partial charge in [-0.15, -0.1) is 0 Å². The highest BCUT2D eigenvalue weighted by atomic mass is 16.6. The van der Waals surface area contributed by atoms with E-state index in [0.29, 0.717) is 5.82 Å². The Labute approximate surface area is 167 Å². The molecule has 0 saturated carbocycles. The number of hydrogen-bond donors (Lipinski definition) is 0. The van der Waals surface area contributed by atoms with E-state index in [0.717, 1.165) is 28.5 Å². The number of nitrogens with zero attached hydrogens (tertiary/aromatic N) is 5. The molecule has 142 valence electrons. The van der Waals surface area contributed by atoms with Gasteiger partial charge in [0.2, 0.25) is 5.95 Å². The second-order valence-electron chi connectivity index (χ2n) is 6.88. The molecular weight excluding hydrogens is 366 g/mol. The van der Waals surface area contributed by atoms with Gasteiger partial charge in [0.25, 0.3) is 5.69 Å². The summed E-state index contributed by atoms with van der Waals surface area (Å²) in [6.45, 7) is 1.87. The topological polar surface area (TPSA) is 77.1 Å². The fraction of sp³-hybridized carbons (Fsp3) is 0.0909. The minimum Gasteiger partial charge on any atom is -0.279 e. The Bertz CT molecular complexity index is 1200. The molecular formula is C22H17N5O2. The van der Waals surface area contributed by atoms with Crippen molar-refractivity contribution in [3.05, 3.63) is 106 Å². The number of aromatic nitrogens is 3. The lowest BCUT2D eigenvalue weighted by Crippen LogP contribution is -2.28. The van der Waals surface area contributed by atoms with Crippen molar-refractivity contribution >= 4 is 23.0 Å². The molecule has 0 amide bonds. The van der Waals surface area contributed by atoms with E-state index < -0.39 is 0 Å². The van der Waals surface area contributed by atoms with E-state index in [1.807, 2.05) is 54.1 Å². The van der Waals surface area contributed by atoms with Gasteiger partial charge in [-0.3, -0.25) is 15.0 Å². The first kappa shape index (κ1) is 17.1. The maximum Gasteiger partial charge on any atom is 0.269 e. The standard InChI is InChI=1S/C22H17N5O2/c1-15-23-22-25(17-7-3-2-4-8-17)20-10-6-5-9-19(20)21(26(22)24-15)16-11-13-18(14-12-16)27(28)29/h2-14,21H,1H3. The lowest BCUT2D eigenvalue weighted by molar-refractivity contribution is -0.384. The molecule has 0 saturated heterocycles. The molecule has 4 aromatic rings. The Kier molecular flexibility index (Phi) is 3.87. The van der Waals surface area contributed by atoms with Gasteiger partial charge in [0.1, 0.15) is 11.9 Å². The molecule has 1 aliphatic heterocycles. The number of para-hydroxylation sites is 2. The zero-order valence-corrected chi connectivity index (χ0v) is 15.6. The Morgan fingerprint density at radius 2 is 1.62 bits per heavy atom. The highest BCUT2D eigenvalue weighted by Gasteiger charge is 2.34. The fourth-order valence-electron chi connectivity index (χ4n) is 3.84. The lowest BCUT2D eigenvalue weighted by Gasteiger charge is -2.35. The third-order valence-electron chi connectivity index (χ3n) is 5.07. The predicted molar refractivity (Wildman–Crippen MR) is 110 cm³/mol. The molecule has 3 aromatic carbocycles. The molecule has 29 heavy (non-hydrogen) atoms. The second kappa shape index (κ2) is 6.56. The summed E-state index contributed by atoms with van der Waals surface area (Å²) in [7, 11) is 0. The normalized spacial score (nSPS) is 14.9. The average molecular weight is 383 g/mol. The number of non-ortho nitro benzene ring substituents is 1. The number of aryl methyl sites for hydroxylation is 1. The fourth-order valence-corrected chi connectivity index (χ4v) is 3.84. The number of rotatable bonds is 3. The molecule has 0 radical (unpaired) electrons. The molecule has 0 fully saturated rings. The molecule has 1 atom stereocenters. The number of anilines is 3. The van der Waals surface area contributed by atoms with Crippen LogP contribution < -0.4 is 4.90 Å². The molecule has 5 rings (SSSR count). The van der Waals surface area contributed by atoms with E-state index in [-0.39, 0.29) is 16.7 Å². The number of benzene rings is 3. The first-order chi connectivity index (χ1) is 14.1. The predicted octanol–water partition coefficient (Wildman–Crippen LogP) is 4.92. The van der Waals surface area contributed by atoms with Crippen molar-refractivity contribution in [3.63, 3.8) is 0 Å². The van der Waals surface area contributed by atoms with Crippen LogP contribution in [0.25, 0.3) is 0 Å². The van der Waals surface area contributed by atoms with Gasteiger partial charge in [0.15, 0.2) is 0 Å². The Morgan fingerprint density at radius 1 is 0.931 bits per heavy atom. The van der Waals surface area contributed by atoms with Gasteiger partial charge in [0.05, 0.1) is 10.6 Å². The minimum atomic E-state index is -0.388. The minimum absolute atomic E-state index is 0.0683. The van der Waals surface area contributed by atoms with E-state index in [9.17, 15) is 10.1 Å². The third-order valence-corrected chi connectivity index (χ3v) is 5.07. The van der Waals surface area contributed by atoms with Gasteiger partial charge in [-0.25, -0.2) is 4.68 Å². The van der Waals surface area contributed by atoms with Crippen molar-refractivity contribution in [2.45, 2.75) is 13.0 Å². The van der Waals surface area contributed by atoms with Crippen molar-refractivity contribution in [3.8, 4) is 0 Å². The summed E-state index contributed by atoms with van der Waals surface area (Å²) in [5, 5.41) is 15.7. The average Bonchev–Trinajstić information content (AvgIpc) is 3.13. The van der Waals surface area contributed by atoms with Crippen LogP contribution in [-0.2, 0) is 0 Å². The molecule has 0 aliphatic carbocycles. The Hall–Kier alpha value is -4.00. The van der Waals surface area contributed by atoms with Crippen LogP contribution in [-0.4, -0.2) is 19.7 Å². The largest absolute Gasteiger partial charge is 0.279 e. The number of nitro benzene ring substituents is 1. The van der Waals surface area contributed by atoms with E-state index >= 15 is 0 Å². The summed E-state index contributed by atoms with van der Waals surface area (Å²) in [4.78, 5) is 17.5. The number of nitro groups is 1. The SMILES string of the molecule is Cc1nc2n(n1)C(c1ccc([N+](=O)[O-])cc1)c1ccccc1N2c1ccccc1. The van der Waals surface area contributed by atoms with Crippen molar-refractivity contribution in [1.82, 2.24) is 14.8 Å². The van der Waals surface area contributed by atoms with Crippen molar-refractivity contribution in [2.24, 2.45) is 0 Å². The van der Waals surface area contributed by atoms with Crippen LogP contribution in [0.3, 0.4) is 0 Å². The van der Waals surface area contributed by atoms with E-state index in [1.54, 1.807) is 12.1 Å². The van der Waals surface area contributed by atoms with Crippen molar-refractivity contribution in [2.75, 3.05) is 4.90 Å². The zero-order chi connectivity index (χ0) is 20.0. The van der Waals surface area contributed by atoms with Crippen LogP contribution in [0.4, 0.5) is 23.0 Å². The first-order valence-electron chi connectivity index (χ1n) is 9.25. The van der Waals surface area contributed by atoms with Crippen LogP contribution in [0.5, 0.6) is 0 Å². The third kappa shape index (κ3) is 2.75. The molecule has 2 heterocycles. The van der Waals surface area contributed by atoms with Crippen LogP contribution in [0.15, 0.2) is 78.9 Å². The summed E-state index contributed by atoms with van der Waals surface area (Å²) in [5.41, 5.74) is 4.06. The lowest BCUT2D eigenvalue weighted by atomic mass is 9.94. The summed E-state index contributed by atoms with van der Waals surface area (Å²) < 4.78 is 1.89. The van der Waals surface area contributed by atoms with E-state index in [1.165, 1.54) is 12.1 Å². The van der Waals surface area contributed by atoms with Gasteiger partial charge in [-0.2, -0.15) is 10.1 Å². The molecule has 0 N–H and O–H groups in total. The van der Waals surface area contributed by atoms with Gasteiger partial charge in [-0.05, 0) is 42.8 Å². The Balaban J connectivity index is 1.73. The van der Waals surface area contributed by atoms with Crippen LogP contribution >= 0.6 is 0 Å². The van der Waals surface area contributed by atoms with Gasteiger partial charge < -0.3 is 0 Å². The molecule has 7 nitrogen and oxygen atoms in total. The monoisotopic (exact) mass is 383 g/mol. The molecule has 0 bridgehead atoms. The van der Waals surface area contributed by atoms with Crippen molar-refractivity contribution < 1.29 is 4.92 Å². The van der Waals surface area contributed by atoms with Crippen LogP contribution in [0.1, 0.15) is 23.0 Å². The number of fused-ring (bicyclic) bond motifs is 2. The highest BCUT2D eigenvalue weighted by molar-refractivity contribution is 5.78. The van der Waals surface area contributed by atoms with Crippen LogP contribution in [0.2, 0.25) is 0 Å². The molecule has 0 spiro atoms. The molecule has 7 heteroatoms. The van der Waals surface area contributed by atoms with E-state index in [2.05, 4.69) is 22.1 Å². The first-order valence-corrected chi connectivity index (χ1v) is 9.25. The smallest absolute Gasteiger partial charge is 0.269 e. The highest BCUT2D eigenvalue weighted by Crippen LogP contribution is 2.46. The molecule has 1 aliphatic rings. The molecule has 1 unspecified atom stereocenters. The summed E-state index contributed by atoms with van der Waals surface area (Å²) >= 11 is 0. The summed E-state index contributed by atoms with van der Waals surface area (Å²) in [5.74, 6) is 1.39.